The minimum absolute atomic E-state index is 0.0107. The van der Waals surface area contributed by atoms with E-state index in [0.717, 1.165) is 15.7 Å². The van der Waals surface area contributed by atoms with Crippen molar-refractivity contribution < 1.29 is 4.92 Å². The van der Waals surface area contributed by atoms with Crippen LogP contribution < -0.4 is 16.1 Å². The Bertz CT molecular complexity index is 1350. The Morgan fingerprint density at radius 2 is 1.34 bits per heavy atom. The molecule has 0 saturated carbocycles. The summed E-state index contributed by atoms with van der Waals surface area (Å²) in [6, 6.07) is 25.2. The zero-order valence-electron chi connectivity index (χ0n) is 18.2. The Morgan fingerprint density at radius 1 is 0.800 bits per heavy atom. The number of non-ortho nitro benzene ring substituents is 1. The number of anilines is 5. The summed E-state index contributed by atoms with van der Waals surface area (Å²) >= 11 is 3.47. The summed E-state index contributed by atoms with van der Waals surface area (Å²) in [5.74, 6) is 0.704. The van der Waals surface area contributed by atoms with Crippen molar-refractivity contribution in [1.82, 2.24) is 15.0 Å². The first-order chi connectivity index (χ1) is 17.0. The summed E-state index contributed by atoms with van der Waals surface area (Å²) in [7, 11) is 0. The normalized spacial score (nSPS) is 11.3. The predicted octanol–water partition coefficient (Wildman–Crippen LogP) is 6.10. The van der Waals surface area contributed by atoms with E-state index >= 15 is 0 Å². The number of halogens is 1. The van der Waals surface area contributed by atoms with E-state index in [1.807, 2.05) is 66.7 Å². The van der Waals surface area contributed by atoms with E-state index < -0.39 is 4.92 Å². The molecule has 0 bridgehead atoms. The molecule has 3 aromatic carbocycles. The molecule has 0 saturated heterocycles. The lowest BCUT2D eigenvalue weighted by molar-refractivity contribution is -0.384. The van der Waals surface area contributed by atoms with Gasteiger partial charge in [-0.1, -0.05) is 48.5 Å². The Balaban J connectivity index is 1.54. The maximum Gasteiger partial charge on any atom is 0.269 e. The minimum atomic E-state index is -0.459. The van der Waals surface area contributed by atoms with Gasteiger partial charge >= 0.3 is 0 Å². The van der Waals surface area contributed by atoms with Crippen molar-refractivity contribution in [2.45, 2.75) is 0 Å². The number of nitro benzene ring substituents is 1. The van der Waals surface area contributed by atoms with Gasteiger partial charge in [-0.2, -0.15) is 20.1 Å². The van der Waals surface area contributed by atoms with Gasteiger partial charge < -0.3 is 10.6 Å². The molecule has 0 radical (unpaired) electrons. The second kappa shape index (κ2) is 11.5. The van der Waals surface area contributed by atoms with Gasteiger partial charge in [-0.25, -0.2) is 5.43 Å². The molecule has 0 unspecified atom stereocenters. The first kappa shape index (κ1) is 23.5. The van der Waals surface area contributed by atoms with Crippen molar-refractivity contribution >= 4 is 63.1 Å². The summed E-state index contributed by atoms with van der Waals surface area (Å²) in [6.45, 7) is 0. The van der Waals surface area contributed by atoms with Crippen LogP contribution >= 0.6 is 15.9 Å². The molecule has 10 nitrogen and oxygen atoms in total. The molecule has 0 atom stereocenters. The third kappa shape index (κ3) is 7.17. The molecule has 174 valence electrons. The molecule has 11 heteroatoms. The molecule has 1 heterocycles. The molecule has 0 aliphatic rings. The number of aromatic nitrogens is 3. The molecule has 0 amide bonds. The number of rotatable bonds is 9. The smallest absolute Gasteiger partial charge is 0.269 e. The lowest BCUT2D eigenvalue weighted by atomic mass is 10.2. The monoisotopic (exact) mass is 530 g/mol. The molecular weight excluding hydrogens is 512 g/mol. The van der Waals surface area contributed by atoms with Crippen LogP contribution in [0.4, 0.5) is 34.9 Å². The van der Waals surface area contributed by atoms with Crippen LogP contribution in [0.1, 0.15) is 5.56 Å². The highest BCUT2D eigenvalue weighted by Crippen LogP contribution is 2.21. The van der Waals surface area contributed by atoms with Gasteiger partial charge in [0.1, 0.15) is 0 Å². The number of nitrogens with zero attached hydrogens (tertiary/aromatic N) is 5. The molecule has 3 N–H and O–H groups in total. The standard InChI is InChI=1S/C24H19BrN8O2/c25-18(15-17-7-3-1-4-8-17)16-26-32-24-30-22(27-19-9-5-2-6-10-19)29-23(31-24)28-20-11-13-21(14-12-20)33(34)35/h1-16H,(H3,27,28,29,30,31,32)/b18-15-,26-16-. The Kier molecular flexibility index (Phi) is 7.71. The van der Waals surface area contributed by atoms with E-state index in [-0.39, 0.29) is 23.5 Å². The molecule has 35 heavy (non-hydrogen) atoms. The zero-order chi connectivity index (χ0) is 24.5. The van der Waals surface area contributed by atoms with Gasteiger partial charge in [-0.3, -0.25) is 10.1 Å². The number of nitro groups is 1. The fourth-order valence-electron chi connectivity index (χ4n) is 2.88. The summed E-state index contributed by atoms with van der Waals surface area (Å²) in [4.78, 5) is 23.5. The summed E-state index contributed by atoms with van der Waals surface area (Å²) in [5, 5.41) is 21.2. The van der Waals surface area contributed by atoms with Gasteiger partial charge in [-0.15, -0.1) is 0 Å². The highest BCUT2D eigenvalue weighted by molar-refractivity contribution is 9.12. The van der Waals surface area contributed by atoms with E-state index in [0.29, 0.717) is 5.69 Å². The van der Waals surface area contributed by atoms with E-state index in [9.17, 15) is 10.1 Å². The predicted molar refractivity (Wildman–Crippen MR) is 141 cm³/mol. The van der Waals surface area contributed by atoms with Crippen molar-refractivity contribution in [2.75, 3.05) is 16.1 Å². The average Bonchev–Trinajstić information content (AvgIpc) is 2.85. The van der Waals surface area contributed by atoms with Gasteiger partial charge in [-0.05, 0) is 51.8 Å². The Hall–Kier alpha value is -4.64. The highest BCUT2D eigenvalue weighted by atomic mass is 79.9. The number of hydrogen-bond acceptors (Lipinski definition) is 9. The molecule has 4 aromatic rings. The second-order valence-corrected chi connectivity index (χ2v) is 7.95. The quantitative estimate of drug-likeness (QED) is 0.134. The zero-order valence-corrected chi connectivity index (χ0v) is 19.8. The number of nitrogens with one attached hydrogen (secondary N) is 3. The number of para-hydroxylation sites is 1. The van der Waals surface area contributed by atoms with E-state index in [1.165, 1.54) is 12.1 Å². The first-order valence-electron chi connectivity index (χ1n) is 10.4. The van der Waals surface area contributed by atoms with E-state index in [2.05, 4.69) is 52.0 Å². The average molecular weight is 531 g/mol. The van der Waals surface area contributed by atoms with Crippen molar-refractivity contribution in [3.05, 3.63) is 105 Å². The molecule has 0 aliphatic heterocycles. The molecule has 0 aliphatic carbocycles. The van der Waals surface area contributed by atoms with Crippen LogP contribution in [-0.2, 0) is 0 Å². The SMILES string of the molecule is O=[N+]([O-])c1ccc(Nc2nc(N/N=C\C(Br)=C\c3ccccc3)nc(Nc3ccccc3)n2)cc1. The maximum atomic E-state index is 10.9. The van der Waals surface area contributed by atoms with Crippen LogP contribution in [0.3, 0.4) is 0 Å². The van der Waals surface area contributed by atoms with E-state index in [1.54, 1.807) is 18.3 Å². The maximum absolute atomic E-state index is 10.9. The number of hydrogen-bond donors (Lipinski definition) is 3. The number of benzene rings is 3. The number of hydrazone groups is 1. The fraction of sp³-hybridized carbons (Fsp3) is 0. The van der Waals surface area contributed by atoms with Crippen molar-refractivity contribution in [3.8, 4) is 0 Å². The third-order valence-corrected chi connectivity index (χ3v) is 4.89. The largest absolute Gasteiger partial charge is 0.324 e. The molecule has 0 spiro atoms. The van der Waals surface area contributed by atoms with Gasteiger partial charge in [0.15, 0.2) is 0 Å². The Labute approximate surface area is 209 Å². The van der Waals surface area contributed by atoms with Crippen LogP contribution in [0.2, 0.25) is 0 Å². The topological polar surface area (TPSA) is 130 Å². The molecule has 0 fully saturated rings. The van der Waals surface area contributed by atoms with Crippen molar-refractivity contribution in [3.63, 3.8) is 0 Å². The van der Waals surface area contributed by atoms with Crippen LogP contribution in [0.25, 0.3) is 6.08 Å². The van der Waals surface area contributed by atoms with Crippen molar-refractivity contribution in [2.24, 2.45) is 5.10 Å². The summed E-state index contributed by atoms with van der Waals surface area (Å²) in [6.07, 6.45) is 3.51. The van der Waals surface area contributed by atoms with Crippen LogP contribution in [0.15, 0.2) is 94.5 Å². The lowest BCUT2D eigenvalue weighted by Gasteiger charge is -2.10. The first-order valence-corrected chi connectivity index (χ1v) is 11.2. The fourth-order valence-corrected chi connectivity index (χ4v) is 3.25. The van der Waals surface area contributed by atoms with E-state index in [4.69, 9.17) is 0 Å². The molecule has 1 aromatic heterocycles. The van der Waals surface area contributed by atoms with Crippen LogP contribution in [0, 0.1) is 10.1 Å². The van der Waals surface area contributed by atoms with Gasteiger partial charge in [0.25, 0.3) is 5.69 Å². The van der Waals surface area contributed by atoms with Crippen LogP contribution in [0.5, 0.6) is 0 Å². The summed E-state index contributed by atoms with van der Waals surface area (Å²) < 4.78 is 0.747. The molecular formula is C24H19BrN8O2. The second-order valence-electron chi connectivity index (χ2n) is 7.04. The van der Waals surface area contributed by atoms with Gasteiger partial charge in [0.2, 0.25) is 17.8 Å². The molecule has 4 rings (SSSR count). The van der Waals surface area contributed by atoms with Gasteiger partial charge in [0, 0.05) is 28.0 Å². The van der Waals surface area contributed by atoms with Gasteiger partial charge in [0.05, 0.1) is 11.1 Å². The lowest BCUT2D eigenvalue weighted by Crippen LogP contribution is -2.07. The highest BCUT2D eigenvalue weighted by Gasteiger charge is 2.09. The Morgan fingerprint density at radius 3 is 1.94 bits per heavy atom. The van der Waals surface area contributed by atoms with Crippen LogP contribution in [-0.4, -0.2) is 26.1 Å². The van der Waals surface area contributed by atoms with Crippen molar-refractivity contribution in [1.29, 1.82) is 0 Å². The minimum Gasteiger partial charge on any atom is -0.324 e. The number of allylic oxidation sites excluding steroid dienone is 1. The summed E-state index contributed by atoms with van der Waals surface area (Å²) in [5.41, 5.74) is 5.19. The third-order valence-electron chi connectivity index (χ3n) is 4.46.